The van der Waals surface area contributed by atoms with Gasteiger partial charge in [0.25, 0.3) is 0 Å². The molecule has 94 valence electrons. The molecule has 1 unspecified atom stereocenters. The lowest BCUT2D eigenvalue weighted by molar-refractivity contribution is 0.259. The van der Waals surface area contributed by atoms with Gasteiger partial charge in [-0.1, -0.05) is 6.07 Å². The van der Waals surface area contributed by atoms with Crippen LogP contribution in [0.5, 0.6) is 5.75 Å². The number of likely N-dealkylation sites (tertiary alicyclic amines) is 1. The summed E-state index contributed by atoms with van der Waals surface area (Å²) in [4.78, 5) is 2.58. The minimum atomic E-state index is 0.733. The van der Waals surface area contributed by atoms with Crippen molar-refractivity contribution >= 4 is 0 Å². The molecule has 2 nitrogen and oxygen atoms in total. The molecule has 1 aromatic carbocycles. The second-order valence-electron chi connectivity index (χ2n) is 5.14. The molecule has 1 heterocycles. The Hall–Kier alpha value is -1.02. The molecule has 1 aliphatic heterocycles. The predicted octanol–water partition coefficient (Wildman–Crippen LogP) is 3.30. The quantitative estimate of drug-likeness (QED) is 0.794. The molecule has 2 rings (SSSR count). The van der Waals surface area contributed by atoms with E-state index in [-0.39, 0.29) is 0 Å². The highest BCUT2D eigenvalue weighted by Crippen LogP contribution is 2.27. The highest BCUT2D eigenvalue weighted by molar-refractivity contribution is 5.43. The summed E-state index contributed by atoms with van der Waals surface area (Å²) in [5.74, 6) is 1.00. The lowest BCUT2D eigenvalue weighted by Gasteiger charge is -2.23. The molecular formula is C15H23NO. The van der Waals surface area contributed by atoms with Gasteiger partial charge in [-0.3, -0.25) is 4.90 Å². The van der Waals surface area contributed by atoms with E-state index in [1.165, 1.54) is 36.1 Å². The zero-order valence-electron chi connectivity index (χ0n) is 11.4. The molecule has 0 bridgehead atoms. The number of benzene rings is 1. The molecular weight excluding hydrogens is 210 g/mol. The molecule has 1 aromatic rings. The summed E-state index contributed by atoms with van der Waals surface area (Å²) in [5, 5.41) is 0. The van der Waals surface area contributed by atoms with Crippen LogP contribution in [0.2, 0.25) is 0 Å². The van der Waals surface area contributed by atoms with Crippen LogP contribution in [0.15, 0.2) is 12.1 Å². The van der Waals surface area contributed by atoms with E-state index >= 15 is 0 Å². The molecule has 0 saturated carbocycles. The Bertz CT molecular complexity index is 400. The fraction of sp³-hybridized carbons (Fsp3) is 0.600. The molecule has 0 amide bonds. The van der Waals surface area contributed by atoms with Gasteiger partial charge in [0.2, 0.25) is 0 Å². The molecule has 0 aromatic heterocycles. The molecule has 2 heteroatoms. The van der Waals surface area contributed by atoms with Gasteiger partial charge in [-0.05, 0) is 62.9 Å². The zero-order valence-corrected chi connectivity index (χ0v) is 11.4. The summed E-state index contributed by atoms with van der Waals surface area (Å²) in [6.07, 6.45) is 2.68. The number of methoxy groups -OCH3 is 1. The monoisotopic (exact) mass is 233 g/mol. The van der Waals surface area contributed by atoms with E-state index in [4.69, 9.17) is 4.74 Å². The molecule has 17 heavy (non-hydrogen) atoms. The second kappa shape index (κ2) is 5.09. The largest absolute Gasteiger partial charge is 0.496 e. The summed E-state index contributed by atoms with van der Waals surface area (Å²) in [6, 6.07) is 5.04. The maximum absolute atomic E-state index is 5.36. The van der Waals surface area contributed by atoms with Crippen molar-refractivity contribution in [3.05, 3.63) is 28.8 Å². The second-order valence-corrected chi connectivity index (χ2v) is 5.14. The van der Waals surface area contributed by atoms with Crippen molar-refractivity contribution in [2.45, 2.75) is 46.2 Å². The van der Waals surface area contributed by atoms with Crippen LogP contribution in [-0.4, -0.2) is 24.6 Å². The first-order chi connectivity index (χ1) is 8.13. The number of rotatable bonds is 3. The Morgan fingerprint density at radius 3 is 2.65 bits per heavy atom. The average Bonchev–Trinajstić information content (AvgIpc) is 2.71. The lowest BCUT2D eigenvalue weighted by Crippen LogP contribution is -2.26. The van der Waals surface area contributed by atoms with Crippen molar-refractivity contribution in [2.24, 2.45) is 0 Å². The van der Waals surface area contributed by atoms with Crippen LogP contribution in [0, 0.1) is 13.8 Å². The maximum atomic E-state index is 5.36. The molecule has 0 spiro atoms. The highest BCUT2D eigenvalue weighted by atomic mass is 16.5. The standard InChI is InChI=1S/C15H23NO/c1-11-6-5-9-16(11)10-14-7-8-15(17-4)13(3)12(14)2/h7-8,11H,5-6,9-10H2,1-4H3. The van der Waals surface area contributed by atoms with Gasteiger partial charge in [-0.2, -0.15) is 0 Å². The van der Waals surface area contributed by atoms with Gasteiger partial charge in [0.05, 0.1) is 7.11 Å². The summed E-state index contributed by atoms with van der Waals surface area (Å²) < 4.78 is 5.36. The van der Waals surface area contributed by atoms with Crippen molar-refractivity contribution in [3.63, 3.8) is 0 Å². The van der Waals surface area contributed by atoms with Gasteiger partial charge in [-0.25, -0.2) is 0 Å². The summed E-state index contributed by atoms with van der Waals surface area (Å²) in [5.41, 5.74) is 4.09. The first-order valence-corrected chi connectivity index (χ1v) is 6.50. The molecule has 0 N–H and O–H groups in total. The maximum Gasteiger partial charge on any atom is 0.122 e. The van der Waals surface area contributed by atoms with Crippen molar-refractivity contribution in [3.8, 4) is 5.75 Å². The van der Waals surface area contributed by atoms with E-state index in [9.17, 15) is 0 Å². The van der Waals surface area contributed by atoms with Crippen molar-refractivity contribution in [1.82, 2.24) is 4.90 Å². The van der Waals surface area contributed by atoms with E-state index in [2.05, 4.69) is 37.8 Å². The SMILES string of the molecule is COc1ccc(CN2CCCC2C)c(C)c1C. The van der Waals surface area contributed by atoms with Crippen LogP contribution in [0.3, 0.4) is 0 Å². The Morgan fingerprint density at radius 1 is 1.29 bits per heavy atom. The topological polar surface area (TPSA) is 12.5 Å². The van der Waals surface area contributed by atoms with Crippen LogP contribution in [0.25, 0.3) is 0 Å². The van der Waals surface area contributed by atoms with E-state index in [0.29, 0.717) is 0 Å². The fourth-order valence-electron chi connectivity index (χ4n) is 2.69. The number of ether oxygens (including phenoxy) is 1. The van der Waals surface area contributed by atoms with Crippen molar-refractivity contribution < 1.29 is 4.74 Å². The van der Waals surface area contributed by atoms with Crippen molar-refractivity contribution in [1.29, 1.82) is 0 Å². The number of nitrogens with zero attached hydrogens (tertiary/aromatic N) is 1. The van der Waals surface area contributed by atoms with Gasteiger partial charge in [-0.15, -0.1) is 0 Å². The minimum Gasteiger partial charge on any atom is -0.496 e. The molecule has 0 aliphatic carbocycles. The van der Waals surface area contributed by atoms with Crippen LogP contribution < -0.4 is 4.74 Å². The molecule has 1 fully saturated rings. The third-order valence-electron chi connectivity index (χ3n) is 4.13. The Morgan fingerprint density at radius 2 is 2.06 bits per heavy atom. The van der Waals surface area contributed by atoms with Crippen LogP contribution in [-0.2, 0) is 6.54 Å². The van der Waals surface area contributed by atoms with Gasteiger partial charge in [0.15, 0.2) is 0 Å². The van der Waals surface area contributed by atoms with Gasteiger partial charge in [0.1, 0.15) is 5.75 Å². The predicted molar refractivity (Wildman–Crippen MR) is 71.6 cm³/mol. The Labute approximate surface area is 105 Å². The molecule has 1 aliphatic rings. The molecule has 1 atom stereocenters. The third kappa shape index (κ3) is 2.47. The number of hydrogen-bond donors (Lipinski definition) is 0. The first kappa shape index (κ1) is 12.4. The highest BCUT2D eigenvalue weighted by Gasteiger charge is 2.21. The lowest BCUT2D eigenvalue weighted by atomic mass is 10.0. The van der Waals surface area contributed by atoms with Crippen LogP contribution >= 0.6 is 0 Å². The summed E-state index contributed by atoms with van der Waals surface area (Å²) >= 11 is 0. The normalized spacial score (nSPS) is 20.8. The van der Waals surface area contributed by atoms with E-state index < -0.39 is 0 Å². The first-order valence-electron chi connectivity index (χ1n) is 6.50. The summed E-state index contributed by atoms with van der Waals surface area (Å²) in [7, 11) is 1.74. The number of hydrogen-bond acceptors (Lipinski definition) is 2. The van der Waals surface area contributed by atoms with Gasteiger partial charge < -0.3 is 4.74 Å². The minimum absolute atomic E-state index is 0.733. The Balaban J connectivity index is 2.19. The smallest absolute Gasteiger partial charge is 0.122 e. The fourth-order valence-corrected chi connectivity index (χ4v) is 2.69. The van der Waals surface area contributed by atoms with Crippen molar-refractivity contribution in [2.75, 3.05) is 13.7 Å². The average molecular weight is 233 g/mol. The van der Waals surface area contributed by atoms with Gasteiger partial charge >= 0.3 is 0 Å². The van der Waals surface area contributed by atoms with Gasteiger partial charge in [0, 0.05) is 12.6 Å². The third-order valence-corrected chi connectivity index (χ3v) is 4.13. The van der Waals surface area contributed by atoms with E-state index in [1.54, 1.807) is 7.11 Å². The summed E-state index contributed by atoms with van der Waals surface area (Å²) in [6.45, 7) is 9.00. The van der Waals surface area contributed by atoms with E-state index in [1.807, 2.05) is 0 Å². The zero-order chi connectivity index (χ0) is 12.4. The van der Waals surface area contributed by atoms with Crippen LogP contribution in [0.4, 0.5) is 0 Å². The van der Waals surface area contributed by atoms with Crippen LogP contribution in [0.1, 0.15) is 36.5 Å². The Kier molecular flexibility index (Phi) is 3.72. The molecule has 0 radical (unpaired) electrons. The molecule has 1 saturated heterocycles. The van der Waals surface area contributed by atoms with E-state index in [0.717, 1.165) is 18.3 Å².